The number of thioether (sulfide) groups is 1. The summed E-state index contributed by atoms with van der Waals surface area (Å²) in [5, 5.41) is 13.1. The van der Waals surface area contributed by atoms with Crippen molar-refractivity contribution in [1.82, 2.24) is 0 Å². The first-order valence-corrected chi connectivity index (χ1v) is 13.6. The Bertz CT molecular complexity index is 685. The summed E-state index contributed by atoms with van der Waals surface area (Å²) in [6.45, 7) is 12.3. The lowest BCUT2D eigenvalue weighted by Gasteiger charge is -2.33. The van der Waals surface area contributed by atoms with Gasteiger partial charge in [0.1, 0.15) is 5.78 Å². The topological polar surface area (TPSA) is 106 Å². The molecular weight excluding hydrogens is 432 g/mol. The van der Waals surface area contributed by atoms with Crippen molar-refractivity contribution in [1.29, 1.82) is 0 Å². The maximum atomic E-state index is 12.6. The Morgan fingerprint density at radius 2 is 1.85 bits per heavy atom. The lowest BCUT2D eigenvalue weighted by Crippen LogP contribution is -2.42. The molecule has 1 amide bonds. The molecule has 1 aliphatic rings. The molecule has 1 aliphatic carbocycles. The molecule has 1 saturated carbocycles. The molecular formula is C27H48N2O3S. The van der Waals surface area contributed by atoms with E-state index < -0.39 is 18.1 Å². The molecule has 190 valence electrons. The average Bonchev–Trinajstić information content (AvgIpc) is 3.04. The Labute approximate surface area is 206 Å². The monoisotopic (exact) mass is 480 g/mol. The van der Waals surface area contributed by atoms with E-state index in [1.165, 1.54) is 0 Å². The Morgan fingerprint density at radius 1 is 1.18 bits per heavy atom. The maximum Gasteiger partial charge on any atom is 0.221 e. The van der Waals surface area contributed by atoms with Gasteiger partial charge < -0.3 is 16.6 Å². The molecule has 0 bridgehead atoms. The first kappa shape index (κ1) is 29.9. The normalized spacial score (nSPS) is 26.7. The van der Waals surface area contributed by atoms with Gasteiger partial charge in [0.05, 0.1) is 12.1 Å². The number of primary amides is 1. The van der Waals surface area contributed by atoms with Crippen LogP contribution >= 0.6 is 11.8 Å². The second-order valence-corrected chi connectivity index (χ2v) is 12.2. The van der Waals surface area contributed by atoms with Gasteiger partial charge >= 0.3 is 0 Å². The minimum absolute atomic E-state index is 0.0103. The Kier molecular flexibility index (Phi) is 12.4. The number of aliphatic hydroxyl groups excluding tert-OH is 1. The van der Waals surface area contributed by atoms with Crippen LogP contribution in [-0.2, 0) is 9.59 Å². The summed E-state index contributed by atoms with van der Waals surface area (Å²) >= 11 is 1.79. The number of allylic oxidation sites excluding steroid dienone is 3. The Balaban J connectivity index is 2.94. The summed E-state index contributed by atoms with van der Waals surface area (Å²) in [4.78, 5) is 25.1. The molecule has 0 spiro atoms. The number of nitrogens with two attached hydrogens (primary N) is 2. The third kappa shape index (κ3) is 9.58. The highest BCUT2D eigenvalue weighted by molar-refractivity contribution is 8.02. The molecule has 0 heterocycles. The quantitative estimate of drug-likeness (QED) is 0.296. The fourth-order valence-electron chi connectivity index (χ4n) is 5.03. The molecule has 0 aromatic heterocycles. The van der Waals surface area contributed by atoms with Crippen molar-refractivity contribution in [2.75, 3.05) is 5.75 Å². The van der Waals surface area contributed by atoms with Gasteiger partial charge in [-0.05, 0) is 72.4 Å². The first-order chi connectivity index (χ1) is 15.4. The summed E-state index contributed by atoms with van der Waals surface area (Å²) < 4.78 is 0. The fourth-order valence-corrected chi connectivity index (χ4v) is 5.49. The number of carbonyl (C=O) groups is 2. The predicted molar refractivity (Wildman–Crippen MR) is 141 cm³/mol. The van der Waals surface area contributed by atoms with Crippen LogP contribution in [0.5, 0.6) is 0 Å². The number of hydrogen-bond acceptors (Lipinski definition) is 5. The van der Waals surface area contributed by atoms with Gasteiger partial charge in [0.2, 0.25) is 5.91 Å². The van der Waals surface area contributed by atoms with Crippen molar-refractivity contribution in [3.05, 3.63) is 23.6 Å². The highest BCUT2D eigenvalue weighted by Gasteiger charge is 2.47. The van der Waals surface area contributed by atoms with Gasteiger partial charge in [-0.2, -0.15) is 0 Å². The van der Waals surface area contributed by atoms with Crippen LogP contribution in [0.15, 0.2) is 23.6 Å². The van der Waals surface area contributed by atoms with E-state index in [0.717, 1.165) is 25.0 Å². The highest BCUT2D eigenvalue weighted by atomic mass is 32.2. The van der Waals surface area contributed by atoms with Gasteiger partial charge in [-0.25, -0.2) is 0 Å². The Hall–Kier alpha value is -1.11. The standard InChI is InChI=1S/C27H48N2O3S/c1-7-9-14-27(6,15-10-11-16-33-8-2)18-20-22(31)17-19(23(20)25(29)32)12-13-21(30)24(28)26(3,4)5/h9,11,14,16,19-20,22-24,31H,7-8,10,12-13,15,17-18,28H2,1-6H3,(H2,29,32)/b14-9-,16-11-/t19?,20?,22-,23+,24+,27?/m0/s1. The first-order valence-electron chi connectivity index (χ1n) is 12.6. The molecule has 0 radical (unpaired) electrons. The van der Waals surface area contributed by atoms with E-state index in [9.17, 15) is 14.7 Å². The maximum absolute atomic E-state index is 12.6. The molecule has 5 N–H and O–H groups in total. The molecule has 33 heavy (non-hydrogen) atoms. The van der Waals surface area contributed by atoms with Gasteiger partial charge in [-0.3, -0.25) is 9.59 Å². The van der Waals surface area contributed by atoms with Gasteiger partial charge in [-0.1, -0.05) is 59.8 Å². The summed E-state index contributed by atoms with van der Waals surface area (Å²) in [6.07, 6.45) is 11.0. The molecule has 5 nitrogen and oxygen atoms in total. The number of rotatable bonds is 14. The summed E-state index contributed by atoms with van der Waals surface area (Å²) in [6, 6.07) is -0.534. The van der Waals surface area contributed by atoms with Crippen LogP contribution in [0.3, 0.4) is 0 Å². The zero-order chi connectivity index (χ0) is 25.2. The minimum Gasteiger partial charge on any atom is -0.393 e. The van der Waals surface area contributed by atoms with Crippen molar-refractivity contribution in [3.8, 4) is 0 Å². The van der Waals surface area contributed by atoms with Crippen molar-refractivity contribution in [2.24, 2.45) is 40.1 Å². The molecule has 6 heteroatoms. The number of aliphatic hydroxyl groups is 1. The molecule has 1 rings (SSSR count). The van der Waals surface area contributed by atoms with E-state index in [1.807, 2.05) is 20.8 Å². The van der Waals surface area contributed by atoms with E-state index >= 15 is 0 Å². The highest BCUT2D eigenvalue weighted by Crippen LogP contribution is 2.47. The molecule has 6 atom stereocenters. The zero-order valence-electron chi connectivity index (χ0n) is 21.7. The van der Waals surface area contributed by atoms with Crippen LogP contribution in [0.25, 0.3) is 0 Å². The zero-order valence-corrected chi connectivity index (χ0v) is 22.5. The van der Waals surface area contributed by atoms with Crippen LogP contribution < -0.4 is 11.5 Å². The Morgan fingerprint density at radius 3 is 2.39 bits per heavy atom. The fraction of sp³-hybridized carbons (Fsp3) is 0.778. The molecule has 1 fully saturated rings. The van der Waals surface area contributed by atoms with E-state index in [1.54, 1.807) is 11.8 Å². The molecule has 0 aromatic carbocycles. The van der Waals surface area contributed by atoms with Crippen LogP contribution in [0, 0.1) is 28.6 Å². The summed E-state index contributed by atoms with van der Waals surface area (Å²) in [5.41, 5.74) is 11.6. The number of Topliss-reactive ketones (excluding diaryl/α,β-unsaturated/α-hetero) is 1. The lowest BCUT2D eigenvalue weighted by molar-refractivity contribution is -0.126. The van der Waals surface area contributed by atoms with Crippen LogP contribution in [-0.4, -0.2) is 34.7 Å². The van der Waals surface area contributed by atoms with E-state index in [0.29, 0.717) is 25.7 Å². The minimum atomic E-state index is -0.584. The SMILES string of the molecule is CC/C=C\C(C)(CC/C=C\SCC)CC1[C@H](C(N)=O)C(CCC(=O)[C@@H](N)C(C)(C)C)C[C@@H]1O. The second-order valence-electron chi connectivity index (χ2n) is 11.0. The number of hydrogen-bond donors (Lipinski definition) is 3. The lowest BCUT2D eigenvalue weighted by atomic mass is 9.72. The van der Waals surface area contributed by atoms with E-state index in [-0.39, 0.29) is 34.4 Å². The smallest absolute Gasteiger partial charge is 0.221 e. The molecule has 0 aromatic rings. The third-order valence-electron chi connectivity index (χ3n) is 7.08. The average molecular weight is 481 g/mol. The number of ketones is 1. The van der Waals surface area contributed by atoms with Gasteiger partial charge in [-0.15, -0.1) is 11.8 Å². The van der Waals surface area contributed by atoms with E-state index in [2.05, 4.69) is 44.4 Å². The third-order valence-corrected chi connectivity index (χ3v) is 7.79. The van der Waals surface area contributed by atoms with Gasteiger partial charge in [0.15, 0.2) is 0 Å². The van der Waals surface area contributed by atoms with Crippen LogP contribution in [0.1, 0.15) is 86.5 Å². The summed E-state index contributed by atoms with van der Waals surface area (Å²) in [7, 11) is 0. The van der Waals surface area contributed by atoms with Gasteiger partial charge in [0, 0.05) is 12.3 Å². The summed E-state index contributed by atoms with van der Waals surface area (Å²) in [5.74, 6) is 0.00608. The largest absolute Gasteiger partial charge is 0.393 e. The number of carbonyl (C=O) groups excluding carboxylic acids is 2. The molecule has 0 saturated heterocycles. The van der Waals surface area contributed by atoms with Gasteiger partial charge in [0.25, 0.3) is 0 Å². The van der Waals surface area contributed by atoms with E-state index in [4.69, 9.17) is 11.5 Å². The predicted octanol–water partition coefficient (Wildman–Crippen LogP) is 5.22. The molecule has 0 aliphatic heterocycles. The van der Waals surface area contributed by atoms with Crippen LogP contribution in [0.2, 0.25) is 0 Å². The second kappa shape index (κ2) is 13.7. The van der Waals surface area contributed by atoms with Crippen molar-refractivity contribution in [3.63, 3.8) is 0 Å². The number of amides is 1. The van der Waals surface area contributed by atoms with Crippen molar-refractivity contribution < 1.29 is 14.7 Å². The molecule has 3 unspecified atom stereocenters. The van der Waals surface area contributed by atoms with Crippen molar-refractivity contribution >= 4 is 23.5 Å². The van der Waals surface area contributed by atoms with Crippen molar-refractivity contribution in [2.45, 2.75) is 98.6 Å². The van der Waals surface area contributed by atoms with Crippen LogP contribution in [0.4, 0.5) is 0 Å².